The van der Waals surface area contributed by atoms with Gasteiger partial charge in [0.2, 0.25) is 0 Å². The van der Waals surface area contributed by atoms with Crippen molar-refractivity contribution in [3.8, 4) is 27.7 Å². The molecule has 0 radical (unpaired) electrons. The number of benzene rings is 2. The van der Waals surface area contributed by atoms with Crippen LogP contribution in [0.4, 0.5) is 5.69 Å². The van der Waals surface area contributed by atoms with Crippen molar-refractivity contribution in [3.05, 3.63) is 59.0 Å². The predicted molar refractivity (Wildman–Crippen MR) is 110 cm³/mol. The first-order valence-corrected chi connectivity index (χ1v) is 9.07. The van der Waals surface area contributed by atoms with Crippen LogP contribution < -0.4 is 20.6 Å². The SMILES string of the molecule is COc1ccc(-c2cc(N)c(C(=O)N/N=C\c3ccc(OC)c(O)c3)s2)cc1. The molecule has 1 heterocycles. The number of carbonyl (C=O) groups excluding carboxylic acids is 1. The molecule has 144 valence electrons. The Kier molecular flexibility index (Phi) is 5.81. The van der Waals surface area contributed by atoms with Crippen molar-refractivity contribution in [2.75, 3.05) is 20.0 Å². The van der Waals surface area contributed by atoms with E-state index in [1.807, 2.05) is 24.3 Å². The Bertz CT molecular complexity index is 1010. The summed E-state index contributed by atoms with van der Waals surface area (Å²) in [6, 6.07) is 14.0. The molecule has 0 aliphatic heterocycles. The van der Waals surface area contributed by atoms with Gasteiger partial charge >= 0.3 is 0 Å². The first-order chi connectivity index (χ1) is 13.5. The molecule has 1 aromatic heterocycles. The number of nitrogen functional groups attached to an aromatic ring is 1. The van der Waals surface area contributed by atoms with Crippen LogP contribution in [-0.2, 0) is 0 Å². The minimum atomic E-state index is -0.406. The Labute approximate surface area is 166 Å². The van der Waals surface area contributed by atoms with Crippen LogP contribution in [0.5, 0.6) is 17.2 Å². The molecule has 3 rings (SSSR count). The molecule has 28 heavy (non-hydrogen) atoms. The van der Waals surface area contributed by atoms with Crippen molar-refractivity contribution in [2.45, 2.75) is 0 Å². The molecule has 0 saturated heterocycles. The van der Waals surface area contributed by atoms with Crippen LogP contribution in [0.3, 0.4) is 0 Å². The van der Waals surface area contributed by atoms with E-state index in [0.717, 1.165) is 16.2 Å². The average molecular weight is 397 g/mol. The number of amides is 1. The van der Waals surface area contributed by atoms with Gasteiger partial charge < -0.3 is 20.3 Å². The maximum atomic E-state index is 12.4. The number of nitrogens with zero attached hydrogens (tertiary/aromatic N) is 1. The quantitative estimate of drug-likeness (QED) is 0.436. The number of carbonyl (C=O) groups is 1. The van der Waals surface area contributed by atoms with E-state index < -0.39 is 5.91 Å². The van der Waals surface area contributed by atoms with Gasteiger partial charge in [-0.3, -0.25) is 4.79 Å². The summed E-state index contributed by atoms with van der Waals surface area (Å²) in [6.45, 7) is 0. The highest BCUT2D eigenvalue weighted by Crippen LogP contribution is 2.34. The lowest BCUT2D eigenvalue weighted by molar-refractivity contribution is 0.0960. The molecule has 0 fully saturated rings. The fourth-order valence-corrected chi connectivity index (χ4v) is 3.46. The number of hydrazone groups is 1. The highest BCUT2D eigenvalue weighted by molar-refractivity contribution is 7.18. The lowest BCUT2D eigenvalue weighted by Crippen LogP contribution is -2.17. The molecule has 0 unspecified atom stereocenters. The van der Waals surface area contributed by atoms with E-state index in [4.69, 9.17) is 15.2 Å². The summed E-state index contributed by atoms with van der Waals surface area (Å²) in [5, 5.41) is 13.7. The van der Waals surface area contributed by atoms with Gasteiger partial charge in [0.05, 0.1) is 26.1 Å². The van der Waals surface area contributed by atoms with Crippen molar-refractivity contribution in [1.29, 1.82) is 0 Å². The van der Waals surface area contributed by atoms with Crippen LogP contribution >= 0.6 is 11.3 Å². The first kappa shape index (κ1) is 19.2. The maximum absolute atomic E-state index is 12.4. The number of rotatable bonds is 6. The van der Waals surface area contributed by atoms with Crippen molar-refractivity contribution >= 4 is 29.1 Å². The van der Waals surface area contributed by atoms with Gasteiger partial charge in [0.15, 0.2) is 11.5 Å². The van der Waals surface area contributed by atoms with Gasteiger partial charge in [0.25, 0.3) is 5.91 Å². The molecule has 0 aliphatic carbocycles. The molecule has 1 amide bonds. The molecular weight excluding hydrogens is 378 g/mol. The van der Waals surface area contributed by atoms with Crippen LogP contribution in [0, 0.1) is 0 Å². The molecule has 3 aromatic rings. The van der Waals surface area contributed by atoms with Gasteiger partial charge in [-0.1, -0.05) is 0 Å². The summed E-state index contributed by atoms with van der Waals surface area (Å²) in [5.41, 5.74) is 10.4. The molecule has 0 spiro atoms. The largest absolute Gasteiger partial charge is 0.504 e. The number of aromatic hydroxyl groups is 1. The van der Waals surface area contributed by atoms with E-state index in [9.17, 15) is 9.90 Å². The molecule has 0 aliphatic rings. The zero-order valence-corrected chi connectivity index (χ0v) is 16.1. The fourth-order valence-electron chi connectivity index (χ4n) is 2.48. The van der Waals surface area contributed by atoms with Gasteiger partial charge in [-0.25, -0.2) is 5.43 Å². The molecule has 4 N–H and O–H groups in total. The Hall–Kier alpha value is -3.52. The molecule has 2 aromatic carbocycles. The average Bonchev–Trinajstić information content (AvgIpc) is 3.10. The second-order valence-electron chi connectivity index (χ2n) is 5.75. The molecular formula is C20H19N3O4S. The van der Waals surface area contributed by atoms with Crippen LogP contribution in [0.15, 0.2) is 53.6 Å². The van der Waals surface area contributed by atoms with E-state index in [2.05, 4.69) is 10.5 Å². The summed E-state index contributed by atoms with van der Waals surface area (Å²) in [7, 11) is 3.07. The number of ether oxygens (including phenoxy) is 2. The van der Waals surface area contributed by atoms with Crippen LogP contribution in [0.1, 0.15) is 15.2 Å². The molecule has 0 atom stereocenters. The molecule has 8 heteroatoms. The zero-order chi connectivity index (χ0) is 20.1. The Morgan fingerprint density at radius 3 is 2.54 bits per heavy atom. The van der Waals surface area contributed by atoms with E-state index in [0.29, 0.717) is 21.9 Å². The monoisotopic (exact) mass is 397 g/mol. The van der Waals surface area contributed by atoms with Gasteiger partial charge in [-0.15, -0.1) is 11.3 Å². The molecule has 0 saturated carbocycles. The van der Waals surface area contributed by atoms with Crippen molar-refractivity contribution in [1.82, 2.24) is 5.43 Å². The number of nitrogens with one attached hydrogen (secondary N) is 1. The number of methoxy groups -OCH3 is 2. The molecule has 0 bridgehead atoms. The van der Waals surface area contributed by atoms with Gasteiger partial charge in [-0.2, -0.15) is 5.10 Å². The highest BCUT2D eigenvalue weighted by Gasteiger charge is 2.15. The Morgan fingerprint density at radius 2 is 1.89 bits per heavy atom. The van der Waals surface area contributed by atoms with E-state index in [1.165, 1.54) is 30.7 Å². The summed E-state index contributed by atoms with van der Waals surface area (Å²) in [6.07, 6.45) is 1.42. The van der Waals surface area contributed by atoms with Crippen molar-refractivity contribution in [2.24, 2.45) is 5.10 Å². The summed E-state index contributed by atoms with van der Waals surface area (Å²) >= 11 is 1.28. The number of anilines is 1. The lowest BCUT2D eigenvalue weighted by Gasteiger charge is -2.03. The normalized spacial score (nSPS) is 10.8. The third kappa shape index (κ3) is 4.24. The minimum Gasteiger partial charge on any atom is -0.504 e. The molecule has 7 nitrogen and oxygen atoms in total. The maximum Gasteiger partial charge on any atom is 0.283 e. The van der Waals surface area contributed by atoms with Gasteiger partial charge in [0, 0.05) is 4.88 Å². The standard InChI is InChI=1S/C20H19N3O4S/c1-26-14-6-4-13(5-7-14)18-10-15(21)19(28-18)20(25)23-22-11-12-3-8-17(27-2)16(24)9-12/h3-11,24H,21H2,1-2H3,(H,23,25)/b22-11-. The third-order valence-electron chi connectivity index (χ3n) is 3.92. The topological polar surface area (TPSA) is 106 Å². The number of hydrogen-bond acceptors (Lipinski definition) is 7. The summed E-state index contributed by atoms with van der Waals surface area (Å²) in [5.74, 6) is 0.699. The van der Waals surface area contributed by atoms with Gasteiger partial charge in [-0.05, 0) is 59.7 Å². The van der Waals surface area contributed by atoms with E-state index in [1.54, 1.807) is 25.3 Å². The second-order valence-corrected chi connectivity index (χ2v) is 6.81. The van der Waals surface area contributed by atoms with Crippen molar-refractivity contribution in [3.63, 3.8) is 0 Å². The number of thiophene rings is 1. The minimum absolute atomic E-state index is 0.00980. The zero-order valence-electron chi connectivity index (χ0n) is 15.3. The van der Waals surface area contributed by atoms with Gasteiger partial charge in [0.1, 0.15) is 10.6 Å². The predicted octanol–water partition coefficient (Wildman–Crippen LogP) is 3.48. The number of hydrogen-bond donors (Lipinski definition) is 3. The highest BCUT2D eigenvalue weighted by atomic mass is 32.1. The van der Waals surface area contributed by atoms with E-state index in [-0.39, 0.29) is 5.75 Å². The lowest BCUT2D eigenvalue weighted by atomic mass is 10.2. The van der Waals surface area contributed by atoms with E-state index >= 15 is 0 Å². The van der Waals surface area contributed by atoms with Crippen LogP contribution in [-0.4, -0.2) is 31.4 Å². The number of nitrogens with two attached hydrogens (primary N) is 1. The smallest absolute Gasteiger partial charge is 0.283 e. The number of phenols is 1. The third-order valence-corrected chi connectivity index (χ3v) is 5.12. The van der Waals surface area contributed by atoms with Crippen LogP contribution in [0.25, 0.3) is 10.4 Å². The Morgan fingerprint density at radius 1 is 1.14 bits per heavy atom. The Balaban J connectivity index is 1.70. The fraction of sp³-hybridized carbons (Fsp3) is 0.100. The number of phenolic OH excluding ortho intramolecular Hbond substituents is 1. The van der Waals surface area contributed by atoms with Crippen molar-refractivity contribution < 1.29 is 19.4 Å². The van der Waals surface area contributed by atoms with Crippen LogP contribution in [0.2, 0.25) is 0 Å². The first-order valence-electron chi connectivity index (χ1n) is 8.26. The second kappa shape index (κ2) is 8.45. The summed E-state index contributed by atoms with van der Waals surface area (Å²) in [4.78, 5) is 13.6. The summed E-state index contributed by atoms with van der Waals surface area (Å²) < 4.78 is 10.1.